The standard InChI is InChI=1S/C15H21NO4/c1-4-19-15-9-12-11-8-14(18-3)13(17-2)7-10(11)5-6-16(12)20-15/h7-8,12,15H,4-6,9H2,1-3H3/t12-,15+/m1/s1. The SMILES string of the molecule is CCO[C@@H]1C[C@@H]2c3cc(OC)c(OC)cc3CCN2O1. The highest BCUT2D eigenvalue weighted by Crippen LogP contribution is 2.43. The number of hydrogen-bond acceptors (Lipinski definition) is 5. The Morgan fingerprint density at radius 2 is 2.00 bits per heavy atom. The highest BCUT2D eigenvalue weighted by atomic mass is 16.8. The van der Waals surface area contributed by atoms with Gasteiger partial charge in [0.25, 0.3) is 0 Å². The smallest absolute Gasteiger partial charge is 0.179 e. The number of ether oxygens (including phenoxy) is 3. The van der Waals surface area contributed by atoms with E-state index in [0.717, 1.165) is 30.9 Å². The van der Waals surface area contributed by atoms with Crippen molar-refractivity contribution in [3.8, 4) is 11.5 Å². The third-order valence-corrected chi connectivity index (χ3v) is 3.97. The number of hydrogen-bond donors (Lipinski definition) is 0. The molecule has 0 radical (unpaired) electrons. The topological polar surface area (TPSA) is 40.2 Å². The summed E-state index contributed by atoms with van der Waals surface area (Å²) in [4.78, 5) is 5.83. The molecule has 1 fully saturated rings. The van der Waals surface area contributed by atoms with Gasteiger partial charge < -0.3 is 14.2 Å². The number of nitrogens with zero attached hydrogens (tertiary/aromatic N) is 1. The van der Waals surface area contributed by atoms with Gasteiger partial charge >= 0.3 is 0 Å². The molecule has 1 saturated heterocycles. The van der Waals surface area contributed by atoms with E-state index in [1.165, 1.54) is 11.1 Å². The first-order chi connectivity index (χ1) is 9.76. The average molecular weight is 279 g/mol. The molecule has 0 aromatic heterocycles. The van der Waals surface area contributed by atoms with Crippen LogP contribution in [0.2, 0.25) is 0 Å². The maximum atomic E-state index is 5.83. The van der Waals surface area contributed by atoms with Gasteiger partial charge in [-0.2, -0.15) is 5.06 Å². The highest BCUT2D eigenvalue weighted by Gasteiger charge is 2.39. The van der Waals surface area contributed by atoms with E-state index in [4.69, 9.17) is 19.0 Å². The number of methoxy groups -OCH3 is 2. The predicted octanol–water partition coefficient (Wildman–Crippen LogP) is 2.30. The van der Waals surface area contributed by atoms with Crippen molar-refractivity contribution in [3.05, 3.63) is 23.3 Å². The van der Waals surface area contributed by atoms with E-state index < -0.39 is 0 Å². The predicted molar refractivity (Wildman–Crippen MR) is 73.8 cm³/mol. The number of hydroxylamine groups is 2. The van der Waals surface area contributed by atoms with Gasteiger partial charge in [-0.15, -0.1) is 0 Å². The van der Waals surface area contributed by atoms with Crippen LogP contribution in [-0.2, 0) is 16.0 Å². The minimum Gasteiger partial charge on any atom is -0.493 e. The van der Waals surface area contributed by atoms with Crippen molar-refractivity contribution in [3.63, 3.8) is 0 Å². The minimum atomic E-state index is -0.135. The van der Waals surface area contributed by atoms with E-state index in [9.17, 15) is 0 Å². The normalized spacial score (nSPS) is 25.1. The lowest BCUT2D eigenvalue weighted by atomic mass is 9.92. The monoisotopic (exact) mass is 279 g/mol. The van der Waals surface area contributed by atoms with Gasteiger partial charge in [-0.1, -0.05) is 0 Å². The van der Waals surface area contributed by atoms with Crippen molar-refractivity contribution in [2.24, 2.45) is 0 Å². The van der Waals surface area contributed by atoms with Gasteiger partial charge in [0.1, 0.15) is 0 Å². The van der Waals surface area contributed by atoms with Crippen LogP contribution < -0.4 is 9.47 Å². The molecule has 0 unspecified atom stereocenters. The van der Waals surface area contributed by atoms with Gasteiger partial charge in [-0.3, -0.25) is 4.84 Å². The molecule has 5 nitrogen and oxygen atoms in total. The summed E-state index contributed by atoms with van der Waals surface area (Å²) in [5.74, 6) is 1.56. The molecule has 0 N–H and O–H groups in total. The minimum absolute atomic E-state index is 0.135. The molecule has 2 aliphatic rings. The molecule has 110 valence electrons. The van der Waals surface area contributed by atoms with Crippen LogP contribution in [0.1, 0.15) is 30.5 Å². The van der Waals surface area contributed by atoms with Crippen molar-refractivity contribution in [1.29, 1.82) is 0 Å². The van der Waals surface area contributed by atoms with E-state index in [1.54, 1.807) is 14.2 Å². The molecule has 2 atom stereocenters. The van der Waals surface area contributed by atoms with Crippen LogP contribution in [0, 0.1) is 0 Å². The van der Waals surface area contributed by atoms with E-state index >= 15 is 0 Å². The highest BCUT2D eigenvalue weighted by molar-refractivity contribution is 5.49. The summed E-state index contributed by atoms with van der Waals surface area (Å²) in [6, 6.07) is 4.40. The molecule has 5 heteroatoms. The Bertz CT molecular complexity index is 491. The Morgan fingerprint density at radius 1 is 1.25 bits per heavy atom. The second-order valence-electron chi connectivity index (χ2n) is 5.04. The van der Waals surface area contributed by atoms with Gasteiger partial charge in [0.2, 0.25) is 0 Å². The zero-order chi connectivity index (χ0) is 14.1. The van der Waals surface area contributed by atoms with Gasteiger partial charge in [-0.25, -0.2) is 0 Å². The summed E-state index contributed by atoms with van der Waals surface area (Å²) in [7, 11) is 3.34. The molecule has 0 aliphatic carbocycles. The second kappa shape index (κ2) is 5.60. The molecule has 2 aliphatic heterocycles. The quantitative estimate of drug-likeness (QED) is 0.846. The van der Waals surface area contributed by atoms with Crippen molar-refractivity contribution in [2.75, 3.05) is 27.4 Å². The second-order valence-corrected chi connectivity index (χ2v) is 5.04. The summed E-state index contributed by atoms with van der Waals surface area (Å²) in [6.07, 6.45) is 1.67. The maximum Gasteiger partial charge on any atom is 0.179 e. The third kappa shape index (κ3) is 2.26. The molecule has 0 amide bonds. The largest absolute Gasteiger partial charge is 0.493 e. The van der Waals surface area contributed by atoms with Crippen molar-refractivity contribution < 1.29 is 19.0 Å². The lowest BCUT2D eigenvalue weighted by Crippen LogP contribution is -2.30. The Balaban J connectivity index is 1.92. The Hall–Kier alpha value is -1.30. The summed E-state index contributed by atoms with van der Waals surface area (Å²) in [6.45, 7) is 3.54. The third-order valence-electron chi connectivity index (χ3n) is 3.97. The van der Waals surface area contributed by atoms with E-state index in [-0.39, 0.29) is 12.3 Å². The van der Waals surface area contributed by atoms with Crippen LogP contribution >= 0.6 is 0 Å². The van der Waals surface area contributed by atoms with Gasteiger partial charge in [0.15, 0.2) is 17.8 Å². The van der Waals surface area contributed by atoms with E-state index in [2.05, 4.69) is 12.1 Å². The fourth-order valence-corrected chi connectivity index (χ4v) is 3.04. The van der Waals surface area contributed by atoms with Crippen LogP contribution in [0.3, 0.4) is 0 Å². The fourth-order valence-electron chi connectivity index (χ4n) is 3.04. The van der Waals surface area contributed by atoms with Crippen molar-refractivity contribution in [1.82, 2.24) is 5.06 Å². The van der Waals surface area contributed by atoms with Crippen LogP contribution in [0.25, 0.3) is 0 Å². The van der Waals surface area contributed by atoms with Gasteiger partial charge in [0, 0.05) is 19.6 Å². The molecule has 20 heavy (non-hydrogen) atoms. The summed E-state index contributed by atoms with van der Waals surface area (Å²) in [5.41, 5.74) is 2.57. The Kier molecular flexibility index (Phi) is 3.83. The van der Waals surface area contributed by atoms with Gasteiger partial charge in [0.05, 0.1) is 20.3 Å². The van der Waals surface area contributed by atoms with Crippen LogP contribution in [0.15, 0.2) is 12.1 Å². The molecule has 2 heterocycles. The lowest BCUT2D eigenvalue weighted by molar-refractivity contribution is -0.240. The molecular weight excluding hydrogens is 258 g/mol. The van der Waals surface area contributed by atoms with Crippen molar-refractivity contribution in [2.45, 2.75) is 32.1 Å². The first kappa shape index (κ1) is 13.7. The molecule has 0 bridgehead atoms. The molecule has 3 rings (SSSR count). The number of fused-ring (bicyclic) bond motifs is 3. The van der Waals surface area contributed by atoms with E-state index in [1.807, 2.05) is 12.0 Å². The Labute approximate surface area is 119 Å². The first-order valence-electron chi connectivity index (χ1n) is 7.06. The zero-order valence-electron chi connectivity index (χ0n) is 12.2. The van der Waals surface area contributed by atoms with Crippen LogP contribution in [-0.4, -0.2) is 38.7 Å². The summed E-state index contributed by atoms with van der Waals surface area (Å²) in [5, 5.41) is 2.04. The maximum absolute atomic E-state index is 5.83. The molecular formula is C15H21NO4. The zero-order valence-corrected chi connectivity index (χ0v) is 12.2. The molecule has 1 aromatic rings. The summed E-state index contributed by atoms with van der Waals surface area (Å²) >= 11 is 0. The first-order valence-corrected chi connectivity index (χ1v) is 7.06. The average Bonchev–Trinajstić information content (AvgIpc) is 2.89. The molecule has 0 spiro atoms. The Morgan fingerprint density at radius 3 is 2.70 bits per heavy atom. The summed E-state index contributed by atoms with van der Waals surface area (Å²) < 4.78 is 16.4. The molecule has 1 aromatic carbocycles. The van der Waals surface area contributed by atoms with Gasteiger partial charge in [-0.05, 0) is 36.6 Å². The number of rotatable bonds is 4. The number of benzene rings is 1. The fraction of sp³-hybridized carbons (Fsp3) is 0.600. The molecule has 0 saturated carbocycles. The lowest BCUT2D eigenvalue weighted by Gasteiger charge is -2.30. The van der Waals surface area contributed by atoms with E-state index in [0.29, 0.717) is 6.61 Å². The van der Waals surface area contributed by atoms with Crippen LogP contribution in [0.5, 0.6) is 11.5 Å². The van der Waals surface area contributed by atoms with Crippen molar-refractivity contribution >= 4 is 0 Å². The van der Waals surface area contributed by atoms with Crippen LogP contribution in [0.4, 0.5) is 0 Å².